The maximum Gasteiger partial charge on any atom is 0.0464 e. The molecule has 3 aliphatic carbocycles. The Morgan fingerprint density at radius 1 is 0.216 bits per heavy atom. The van der Waals surface area contributed by atoms with E-state index in [1.165, 1.54) is 366 Å². The van der Waals surface area contributed by atoms with Gasteiger partial charge in [-0.1, -0.05) is 375 Å². The minimum Gasteiger partial charge on any atom is -0.0654 e. The molecule has 0 heterocycles. The summed E-state index contributed by atoms with van der Waals surface area (Å²) < 4.78 is 0. The molecular formula is C111H142. The molecule has 0 bridgehead atoms. The highest BCUT2D eigenvalue weighted by atomic mass is 14.5. The molecule has 0 aliphatic heterocycles. The normalized spacial score (nSPS) is 13.5. The Hall–Kier alpha value is -7.80. The molecule has 586 valence electrons. The molecule has 3 aliphatic rings. The van der Waals surface area contributed by atoms with Gasteiger partial charge in [0.15, 0.2) is 0 Å². The van der Waals surface area contributed by atoms with Gasteiger partial charge < -0.3 is 0 Å². The quantitative estimate of drug-likeness (QED) is 0.0343. The second-order valence-electron chi connectivity index (χ2n) is 35.2. The van der Waals surface area contributed by atoms with Gasteiger partial charge >= 0.3 is 0 Å². The highest BCUT2D eigenvalue weighted by Crippen LogP contribution is 2.58. The largest absolute Gasteiger partial charge is 0.0654 e. The molecule has 10 aromatic carbocycles. The van der Waals surface area contributed by atoms with Crippen LogP contribution in [0.5, 0.6) is 0 Å². The van der Waals surface area contributed by atoms with E-state index in [4.69, 9.17) is 0 Å². The lowest BCUT2D eigenvalue weighted by atomic mass is 9.68. The van der Waals surface area contributed by atoms with E-state index in [0.717, 1.165) is 6.42 Å². The minimum absolute atomic E-state index is 0.0969. The number of fused-ring (bicyclic) bond motifs is 9. The lowest BCUT2D eigenvalue weighted by molar-refractivity contribution is 0.506. The van der Waals surface area contributed by atoms with Gasteiger partial charge in [0.2, 0.25) is 0 Å². The zero-order valence-electron chi connectivity index (χ0n) is 72.4. The maximum absolute atomic E-state index is 2.56. The molecule has 10 aromatic rings. The third-order valence-corrected chi connectivity index (χ3v) is 26.3. The Morgan fingerprint density at radius 2 is 0.523 bits per heavy atom. The second-order valence-corrected chi connectivity index (χ2v) is 35.2. The Kier molecular flexibility index (Phi) is 30.1. The van der Waals surface area contributed by atoms with Crippen LogP contribution in [-0.4, -0.2) is 0 Å². The molecule has 0 amide bonds. The molecule has 0 atom stereocenters. The summed E-state index contributed by atoms with van der Waals surface area (Å²) in [6.07, 6.45) is 41.5. The smallest absolute Gasteiger partial charge is 0.0464 e. The molecule has 0 radical (unpaired) electrons. The van der Waals surface area contributed by atoms with Crippen molar-refractivity contribution < 1.29 is 0 Å². The molecule has 0 heteroatoms. The van der Waals surface area contributed by atoms with Crippen molar-refractivity contribution in [1.82, 2.24) is 0 Å². The van der Waals surface area contributed by atoms with Gasteiger partial charge in [0.25, 0.3) is 0 Å². The zero-order chi connectivity index (χ0) is 78.7. The van der Waals surface area contributed by atoms with Crippen LogP contribution in [0.1, 0.15) is 351 Å². The Morgan fingerprint density at radius 3 is 0.892 bits per heavy atom. The van der Waals surface area contributed by atoms with Crippen molar-refractivity contribution in [2.24, 2.45) is 0 Å². The highest BCUT2D eigenvalue weighted by Gasteiger charge is 2.46. The molecule has 0 spiro atoms. The third-order valence-electron chi connectivity index (χ3n) is 26.3. The summed E-state index contributed by atoms with van der Waals surface area (Å²) in [5, 5.41) is 0. The summed E-state index contributed by atoms with van der Waals surface area (Å²) in [5.41, 5.74) is 42.9. The lowest BCUT2D eigenvalue weighted by Gasteiger charge is -2.34. The molecule has 0 unspecified atom stereocenters. The van der Waals surface area contributed by atoms with Crippen LogP contribution in [0.4, 0.5) is 0 Å². The number of aryl methyl sites for hydroxylation is 13. The van der Waals surface area contributed by atoms with E-state index in [9.17, 15) is 0 Å². The first-order valence-electron chi connectivity index (χ1n) is 45.0. The summed E-state index contributed by atoms with van der Waals surface area (Å²) in [5.74, 6) is 0. The first-order valence-corrected chi connectivity index (χ1v) is 45.0. The van der Waals surface area contributed by atoms with Gasteiger partial charge in [0.1, 0.15) is 0 Å². The van der Waals surface area contributed by atoms with Crippen molar-refractivity contribution in [3.8, 4) is 44.5 Å². The van der Waals surface area contributed by atoms with Crippen molar-refractivity contribution in [2.45, 2.75) is 332 Å². The monoisotopic (exact) mass is 1480 g/mol. The van der Waals surface area contributed by atoms with Crippen molar-refractivity contribution in [2.75, 3.05) is 0 Å². The number of hydrogen-bond acceptors (Lipinski definition) is 0. The predicted molar refractivity (Wildman–Crippen MR) is 487 cm³/mol. The van der Waals surface area contributed by atoms with Crippen LogP contribution in [0.3, 0.4) is 0 Å². The predicted octanol–water partition coefficient (Wildman–Crippen LogP) is 32.5. The summed E-state index contributed by atoms with van der Waals surface area (Å²) in [6.45, 7) is 36.8. The zero-order valence-corrected chi connectivity index (χ0v) is 72.4. The van der Waals surface area contributed by atoms with E-state index in [-0.39, 0.29) is 16.2 Å². The Labute approximate surface area is 677 Å². The maximum atomic E-state index is 2.56. The van der Waals surface area contributed by atoms with Gasteiger partial charge in [-0.05, 0) is 291 Å². The molecule has 0 nitrogen and oxygen atoms in total. The van der Waals surface area contributed by atoms with Crippen LogP contribution in [0, 0.1) is 55.4 Å². The molecule has 111 heavy (non-hydrogen) atoms. The second kappa shape index (κ2) is 39.8. The summed E-state index contributed by atoms with van der Waals surface area (Å²) in [4.78, 5) is 0. The van der Waals surface area contributed by atoms with Crippen molar-refractivity contribution >= 4 is 0 Å². The lowest BCUT2D eigenvalue weighted by Crippen LogP contribution is -2.27. The van der Waals surface area contributed by atoms with Crippen molar-refractivity contribution in [3.63, 3.8) is 0 Å². The van der Waals surface area contributed by atoms with Gasteiger partial charge in [0, 0.05) is 16.2 Å². The summed E-state index contributed by atoms with van der Waals surface area (Å²) in [6, 6.07) is 72.5. The van der Waals surface area contributed by atoms with Crippen LogP contribution < -0.4 is 0 Å². The molecule has 0 saturated carbocycles. The SMILES string of the molecule is CCCCCCCCC1(c2cccc(-c3ccc(CCCCCC)cc3)c2)c2cc(C)ccc2-c2ccc(C)cc21.CCCCCCc1cc(CCCCCC)cc(C2(C)c3cc(C)c(C)cc3-c3cc(C)c(C)cc32)c1.CCCCCCc1cc(CCCCCC)cc(C2(C)c3cc(C)ccc3-c3ccc(C)cc32)c1. The standard InChI is InChI=1S/C41H50.C36H48.C34H44/c1-5-7-9-11-12-14-27-41(39-28-31(3)19-25-37(39)38-26-20-32(4)29-40(38)41)36-18-15-17-35(30-36)34-23-21-33(22-24-34)16-13-10-8-6-2;1-8-10-12-14-16-29-22-30(17-15-13-11-9-2)24-31(23-29)36(7)34-20-27(5)25(3)18-32(34)33-19-26(4)28(6)21-35(33)36;1-6-8-10-12-14-27-22-28(15-13-11-9-7-2)24-29(23-27)34(5)32-20-25(3)16-18-30(32)31-19-17-26(4)21-33(31)34/h15,17-26,28-30H,5-14,16,27H2,1-4H3;18-24H,8-17H2,1-7H3;16-24H,6-15H2,1-5H3. The van der Waals surface area contributed by atoms with Crippen LogP contribution in [-0.2, 0) is 48.3 Å². The van der Waals surface area contributed by atoms with E-state index < -0.39 is 0 Å². The number of hydrogen-bond donors (Lipinski definition) is 0. The molecule has 0 fully saturated rings. The van der Waals surface area contributed by atoms with E-state index in [2.05, 4.69) is 293 Å². The average molecular weight is 1480 g/mol. The van der Waals surface area contributed by atoms with E-state index in [1.807, 2.05) is 0 Å². The Bertz CT molecular complexity index is 4470. The summed E-state index contributed by atoms with van der Waals surface area (Å²) >= 11 is 0. The van der Waals surface area contributed by atoms with Crippen LogP contribution in [0.15, 0.2) is 182 Å². The summed E-state index contributed by atoms with van der Waals surface area (Å²) in [7, 11) is 0. The number of unbranched alkanes of at least 4 members (excludes halogenated alkanes) is 20. The van der Waals surface area contributed by atoms with Gasteiger partial charge in [0.05, 0.1) is 0 Å². The number of benzene rings is 10. The molecule has 0 saturated heterocycles. The molecule has 13 rings (SSSR count). The van der Waals surface area contributed by atoms with Crippen LogP contribution in [0.2, 0.25) is 0 Å². The third kappa shape index (κ3) is 19.5. The average Bonchev–Trinajstić information content (AvgIpc) is 1.57. The molecule has 0 aromatic heterocycles. The van der Waals surface area contributed by atoms with Gasteiger partial charge in [-0.2, -0.15) is 0 Å². The van der Waals surface area contributed by atoms with E-state index in [1.54, 1.807) is 0 Å². The van der Waals surface area contributed by atoms with Crippen LogP contribution >= 0.6 is 0 Å². The minimum atomic E-state index is -0.112. The van der Waals surface area contributed by atoms with E-state index >= 15 is 0 Å². The molecule has 0 N–H and O–H groups in total. The first kappa shape index (κ1) is 84.1. The van der Waals surface area contributed by atoms with Gasteiger partial charge in [-0.25, -0.2) is 0 Å². The number of rotatable bonds is 36. The highest BCUT2D eigenvalue weighted by molar-refractivity contribution is 5.87. The first-order chi connectivity index (χ1) is 53.8. The van der Waals surface area contributed by atoms with E-state index in [0.29, 0.717) is 0 Å². The van der Waals surface area contributed by atoms with Gasteiger partial charge in [-0.15, -0.1) is 0 Å². The van der Waals surface area contributed by atoms with Crippen LogP contribution in [0.25, 0.3) is 44.5 Å². The topological polar surface area (TPSA) is 0 Å². The van der Waals surface area contributed by atoms with Gasteiger partial charge in [-0.3, -0.25) is 0 Å². The molecular weight excluding hydrogens is 1330 g/mol. The fraction of sp³-hybridized carbons (Fsp3) is 0.459. The Balaban J connectivity index is 0.000000166. The van der Waals surface area contributed by atoms with Crippen molar-refractivity contribution in [1.29, 1.82) is 0 Å². The fourth-order valence-electron chi connectivity index (χ4n) is 19.3. The van der Waals surface area contributed by atoms with Crippen molar-refractivity contribution in [3.05, 3.63) is 304 Å². The fourth-order valence-corrected chi connectivity index (χ4v) is 19.3.